The van der Waals surface area contributed by atoms with Gasteiger partial charge in [-0.15, -0.1) is 0 Å². The quantitative estimate of drug-likeness (QED) is 0.775. The van der Waals surface area contributed by atoms with Gasteiger partial charge in [0.25, 0.3) is 0 Å². The third kappa shape index (κ3) is 2.39. The number of rotatable bonds is 3. The van der Waals surface area contributed by atoms with Crippen LogP contribution in [0.4, 0.5) is 4.39 Å². The monoisotopic (exact) mass is 299 g/mol. The van der Waals surface area contributed by atoms with Gasteiger partial charge >= 0.3 is 5.97 Å². The standard InChI is InChI=1S/C15H10FN3O3/c16-10-3-1-9(2-4-10)11-7-19(13-5-6-17-18-13)8-12(14(11)20)15(21)22/h1-8H,(H,17,18)(H,21,22). The first-order chi connectivity index (χ1) is 10.6. The van der Waals surface area contributed by atoms with Gasteiger partial charge in [0.15, 0.2) is 0 Å². The average Bonchev–Trinajstić information content (AvgIpc) is 3.02. The van der Waals surface area contributed by atoms with Crippen molar-refractivity contribution in [2.24, 2.45) is 0 Å². The van der Waals surface area contributed by atoms with Gasteiger partial charge < -0.3 is 9.67 Å². The molecule has 0 unspecified atom stereocenters. The Morgan fingerprint density at radius 1 is 1.18 bits per heavy atom. The summed E-state index contributed by atoms with van der Waals surface area (Å²) in [5, 5.41) is 15.7. The van der Waals surface area contributed by atoms with Crippen molar-refractivity contribution in [3.05, 3.63) is 70.5 Å². The van der Waals surface area contributed by atoms with Crippen LogP contribution >= 0.6 is 0 Å². The van der Waals surface area contributed by atoms with E-state index in [1.165, 1.54) is 47.4 Å². The largest absolute Gasteiger partial charge is 0.477 e. The van der Waals surface area contributed by atoms with E-state index in [4.69, 9.17) is 0 Å². The van der Waals surface area contributed by atoms with Gasteiger partial charge in [0.2, 0.25) is 5.43 Å². The molecule has 0 saturated carbocycles. The Hall–Kier alpha value is -3.22. The molecule has 7 heteroatoms. The number of pyridine rings is 1. The highest BCUT2D eigenvalue weighted by Crippen LogP contribution is 2.18. The number of carboxylic acids is 1. The molecule has 0 aliphatic rings. The van der Waals surface area contributed by atoms with Crippen LogP contribution in [0.1, 0.15) is 10.4 Å². The Kier molecular flexibility index (Phi) is 3.30. The van der Waals surface area contributed by atoms with Gasteiger partial charge in [-0.3, -0.25) is 9.89 Å². The normalized spacial score (nSPS) is 10.6. The molecule has 0 radical (unpaired) electrons. The van der Waals surface area contributed by atoms with E-state index < -0.39 is 17.2 Å². The van der Waals surface area contributed by atoms with Crippen molar-refractivity contribution >= 4 is 5.97 Å². The fourth-order valence-corrected chi connectivity index (χ4v) is 2.10. The molecule has 0 spiro atoms. The van der Waals surface area contributed by atoms with Crippen LogP contribution in [0.25, 0.3) is 16.9 Å². The number of aromatic nitrogens is 3. The molecular weight excluding hydrogens is 289 g/mol. The third-order valence-electron chi connectivity index (χ3n) is 3.18. The molecular formula is C15H10FN3O3. The number of nitrogens with zero attached hydrogens (tertiary/aromatic N) is 2. The minimum Gasteiger partial charge on any atom is -0.477 e. The van der Waals surface area contributed by atoms with Gasteiger partial charge in [-0.2, -0.15) is 5.10 Å². The molecule has 0 fully saturated rings. The maximum absolute atomic E-state index is 13.0. The molecule has 0 atom stereocenters. The van der Waals surface area contributed by atoms with E-state index in [0.717, 1.165) is 0 Å². The average molecular weight is 299 g/mol. The van der Waals surface area contributed by atoms with Gasteiger partial charge in [0.1, 0.15) is 17.2 Å². The van der Waals surface area contributed by atoms with Gasteiger partial charge in [-0.05, 0) is 17.7 Å². The number of carboxylic acid groups (broad SMARTS) is 1. The molecule has 1 aromatic carbocycles. The van der Waals surface area contributed by atoms with E-state index in [0.29, 0.717) is 11.4 Å². The van der Waals surface area contributed by atoms with Crippen LogP contribution in [0, 0.1) is 5.82 Å². The summed E-state index contributed by atoms with van der Waals surface area (Å²) in [4.78, 5) is 23.6. The number of benzene rings is 1. The lowest BCUT2D eigenvalue weighted by atomic mass is 10.0. The van der Waals surface area contributed by atoms with Crippen molar-refractivity contribution in [1.29, 1.82) is 0 Å². The summed E-state index contributed by atoms with van der Waals surface area (Å²) in [6.07, 6.45) is 4.20. The minimum absolute atomic E-state index is 0.162. The number of halogens is 1. The Morgan fingerprint density at radius 2 is 1.91 bits per heavy atom. The fraction of sp³-hybridized carbons (Fsp3) is 0. The zero-order valence-electron chi connectivity index (χ0n) is 11.2. The first-order valence-electron chi connectivity index (χ1n) is 6.31. The minimum atomic E-state index is -1.33. The number of aromatic carboxylic acids is 1. The van der Waals surface area contributed by atoms with Crippen molar-refractivity contribution in [1.82, 2.24) is 14.8 Å². The third-order valence-corrected chi connectivity index (χ3v) is 3.18. The van der Waals surface area contributed by atoms with Gasteiger partial charge in [-0.1, -0.05) is 12.1 Å². The SMILES string of the molecule is O=C(O)c1cn(-c2ccn[nH]2)cc(-c2ccc(F)cc2)c1=O. The van der Waals surface area contributed by atoms with E-state index in [-0.39, 0.29) is 11.1 Å². The molecule has 6 nitrogen and oxygen atoms in total. The smallest absolute Gasteiger partial charge is 0.341 e. The Bertz CT molecular complexity index is 883. The first kappa shape index (κ1) is 13.7. The number of H-pyrrole nitrogens is 1. The predicted octanol–water partition coefficient (Wildman–Crippen LogP) is 2.06. The van der Waals surface area contributed by atoms with Crippen molar-refractivity contribution < 1.29 is 14.3 Å². The molecule has 0 bridgehead atoms. The van der Waals surface area contributed by atoms with Gasteiger partial charge in [0, 0.05) is 24.0 Å². The van der Waals surface area contributed by atoms with Crippen LogP contribution in [-0.4, -0.2) is 25.8 Å². The van der Waals surface area contributed by atoms with Crippen molar-refractivity contribution in [2.75, 3.05) is 0 Å². The van der Waals surface area contributed by atoms with Gasteiger partial charge in [-0.25, -0.2) is 9.18 Å². The highest BCUT2D eigenvalue weighted by atomic mass is 19.1. The molecule has 22 heavy (non-hydrogen) atoms. The number of hydrogen-bond acceptors (Lipinski definition) is 3. The van der Waals surface area contributed by atoms with Crippen molar-refractivity contribution in [3.63, 3.8) is 0 Å². The maximum Gasteiger partial charge on any atom is 0.341 e. The molecule has 3 rings (SSSR count). The Labute approximate surface area is 123 Å². The molecule has 0 aliphatic heterocycles. The second-order valence-electron chi connectivity index (χ2n) is 4.58. The van der Waals surface area contributed by atoms with E-state index in [1.54, 1.807) is 6.07 Å². The van der Waals surface area contributed by atoms with Crippen LogP contribution in [0.15, 0.2) is 53.7 Å². The summed E-state index contributed by atoms with van der Waals surface area (Å²) in [5.74, 6) is -1.26. The summed E-state index contributed by atoms with van der Waals surface area (Å²) >= 11 is 0. The number of hydrogen-bond donors (Lipinski definition) is 2. The van der Waals surface area contributed by atoms with Crippen LogP contribution in [-0.2, 0) is 0 Å². The highest BCUT2D eigenvalue weighted by molar-refractivity contribution is 5.89. The molecule has 2 heterocycles. The van der Waals surface area contributed by atoms with E-state index in [9.17, 15) is 19.1 Å². The molecule has 110 valence electrons. The summed E-state index contributed by atoms with van der Waals surface area (Å²) in [6.45, 7) is 0. The number of nitrogens with one attached hydrogen (secondary N) is 1. The second-order valence-corrected chi connectivity index (χ2v) is 4.58. The predicted molar refractivity (Wildman–Crippen MR) is 76.5 cm³/mol. The Balaban J connectivity index is 2.26. The highest BCUT2D eigenvalue weighted by Gasteiger charge is 2.16. The van der Waals surface area contributed by atoms with Crippen LogP contribution in [0.5, 0.6) is 0 Å². The first-order valence-corrected chi connectivity index (χ1v) is 6.31. The van der Waals surface area contributed by atoms with Gasteiger partial charge in [0.05, 0.1) is 6.20 Å². The van der Waals surface area contributed by atoms with Crippen LogP contribution < -0.4 is 5.43 Å². The maximum atomic E-state index is 13.0. The lowest BCUT2D eigenvalue weighted by molar-refractivity contribution is 0.0695. The van der Waals surface area contributed by atoms with Crippen molar-refractivity contribution in [3.8, 4) is 16.9 Å². The molecule has 0 saturated heterocycles. The molecule has 3 aromatic rings. The number of aromatic amines is 1. The zero-order valence-corrected chi connectivity index (χ0v) is 11.2. The lowest BCUT2D eigenvalue weighted by Gasteiger charge is -2.09. The number of carbonyl (C=O) groups is 1. The summed E-state index contributed by atoms with van der Waals surface area (Å²) in [6, 6.07) is 6.90. The summed E-state index contributed by atoms with van der Waals surface area (Å²) in [5.41, 5.74) is -0.413. The molecule has 0 amide bonds. The van der Waals surface area contributed by atoms with Crippen LogP contribution in [0.2, 0.25) is 0 Å². The Morgan fingerprint density at radius 3 is 2.50 bits per heavy atom. The second kappa shape index (κ2) is 5.28. The molecule has 2 aromatic heterocycles. The summed E-state index contributed by atoms with van der Waals surface area (Å²) < 4.78 is 14.5. The molecule has 2 N–H and O–H groups in total. The fourth-order valence-electron chi connectivity index (χ4n) is 2.10. The lowest BCUT2D eigenvalue weighted by Crippen LogP contribution is -2.19. The van der Waals surface area contributed by atoms with E-state index >= 15 is 0 Å². The zero-order chi connectivity index (χ0) is 15.7. The van der Waals surface area contributed by atoms with Crippen molar-refractivity contribution in [2.45, 2.75) is 0 Å². The summed E-state index contributed by atoms with van der Waals surface area (Å²) in [7, 11) is 0. The molecule has 0 aliphatic carbocycles. The van der Waals surface area contributed by atoms with E-state index in [1.807, 2.05) is 0 Å². The van der Waals surface area contributed by atoms with E-state index in [2.05, 4.69) is 10.2 Å². The van der Waals surface area contributed by atoms with Crippen LogP contribution in [0.3, 0.4) is 0 Å². The topological polar surface area (TPSA) is 88.0 Å².